The summed E-state index contributed by atoms with van der Waals surface area (Å²) < 4.78 is 5.27. The lowest BCUT2D eigenvalue weighted by atomic mass is 10.0. The van der Waals surface area contributed by atoms with Gasteiger partial charge in [-0.3, -0.25) is 9.78 Å². The average Bonchev–Trinajstić information content (AvgIpc) is 2.62. The summed E-state index contributed by atoms with van der Waals surface area (Å²) in [6, 6.07) is 0. The van der Waals surface area contributed by atoms with Crippen molar-refractivity contribution in [1.82, 2.24) is 4.98 Å². The van der Waals surface area contributed by atoms with E-state index in [9.17, 15) is 4.79 Å². The minimum Gasteiger partial charge on any atom is -0.481 e. The molecular formula is C10H11NO3. The Balaban J connectivity index is 2.17. The third-order valence-corrected chi connectivity index (χ3v) is 2.35. The summed E-state index contributed by atoms with van der Waals surface area (Å²) in [4.78, 5) is 14.5. The summed E-state index contributed by atoms with van der Waals surface area (Å²) in [5.74, 6) is -0.776. The van der Waals surface area contributed by atoms with E-state index in [1.165, 1.54) is 0 Å². The van der Waals surface area contributed by atoms with Crippen LogP contribution in [0.15, 0.2) is 12.4 Å². The lowest BCUT2D eigenvalue weighted by molar-refractivity contribution is -0.136. The molecule has 0 aliphatic carbocycles. The van der Waals surface area contributed by atoms with Gasteiger partial charge in [0.2, 0.25) is 0 Å². The highest BCUT2D eigenvalue weighted by Crippen LogP contribution is 2.22. The molecule has 14 heavy (non-hydrogen) atoms. The summed E-state index contributed by atoms with van der Waals surface area (Å²) in [5, 5.41) is 8.57. The van der Waals surface area contributed by atoms with E-state index in [2.05, 4.69) is 4.98 Å². The van der Waals surface area contributed by atoms with Gasteiger partial charge >= 0.3 is 5.97 Å². The van der Waals surface area contributed by atoms with Crippen LogP contribution in [0.3, 0.4) is 0 Å². The van der Waals surface area contributed by atoms with E-state index in [4.69, 9.17) is 9.84 Å². The quantitative estimate of drug-likeness (QED) is 0.781. The molecule has 1 aliphatic heterocycles. The molecular weight excluding hydrogens is 182 g/mol. The third kappa shape index (κ3) is 1.75. The molecule has 1 aromatic rings. The van der Waals surface area contributed by atoms with Gasteiger partial charge < -0.3 is 9.84 Å². The fraction of sp³-hybridized carbons (Fsp3) is 0.400. The van der Waals surface area contributed by atoms with Gasteiger partial charge in [0.25, 0.3) is 0 Å². The number of rotatable bonds is 3. The Morgan fingerprint density at radius 3 is 3.14 bits per heavy atom. The smallest absolute Gasteiger partial charge is 0.303 e. The minimum absolute atomic E-state index is 0.151. The first-order chi connectivity index (χ1) is 6.77. The van der Waals surface area contributed by atoms with Gasteiger partial charge in [-0.25, -0.2) is 0 Å². The number of carboxylic acids is 1. The van der Waals surface area contributed by atoms with Crippen LogP contribution >= 0.6 is 0 Å². The summed E-state index contributed by atoms with van der Waals surface area (Å²) in [6.45, 7) is 1.19. The Morgan fingerprint density at radius 1 is 1.50 bits per heavy atom. The van der Waals surface area contributed by atoms with Crippen molar-refractivity contribution in [3.8, 4) is 0 Å². The second kappa shape index (κ2) is 3.75. The third-order valence-electron chi connectivity index (χ3n) is 2.35. The van der Waals surface area contributed by atoms with E-state index in [-0.39, 0.29) is 6.42 Å². The molecule has 0 radical (unpaired) electrons. The van der Waals surface area contributed by atoms with Crippen molar-refractivity contribution >= 4 is 5.97 Å². The van der Waals surface area contributed by atoms with E-state index in [0.29, 0.717) is 19.6 Å². The maximum atomic E-state index is 10.4. The molecule has 2 rings (SSSR count). The molecule has 4 nitrogen and oxygen atoms in total. The van der Waals surface area contributed by atoms with Crippen LogP contribution in [0.5, 0.6) is 0 Å². The van der Waals surface area contributed by atoms with Crippen molar-refractivity contribution in [3.05, 3.63) is 29.1 Å². The highest BCUT2D eigenvalue weighted by Gasteiger charge is 2.15. The van der Waals surface area contributed by atoms with Gasteiger partial charge in [0.1, 0.15) is 0 Å². The van der Waals surface area contributed by atoms with Crippen LogP contribution in [0.2, 0.25) is 0 Å². The Hall–Kier alpha value is -1.42. The second-order valence-corrected chi connectivity index (χ2v) is 3.32. The first-order valence-corrected chi connectivity index (χ1v) is 4.51. The van der Waals surface area contributed by atoms with E-state index in [0.717, 1.165) is 16.7 Å². The van der Waals surface area contributed by atoms with Gasteiger partial charge in [-0.15, -0.1) is 0 Å². The zero-order valence-corrected chi connectivity index (χ0v) is 7.69. The zero-order chi connectivity index (χ0) is 9.97. The lowest BCUT2D eigenvalue weighted by Crippen LogP contribution is -2.01. The number of hydrogen-bond donors (Lipinski definition) is 1. The van der Waals surface area contributed by atoms with E-state index in [1.54, 1.807) is 12.4 Å². The van der Waals surface area contributed by atoms with Crippen molar-refractivity contribution in [2.75, 3.05) is 0 Å². The van der Waals surface area contributed by atoms with E-state index >= 15 is 0 Å². The Kier molecular flexibility index (Phi) is 2.45. The van der Waals surface area contributed by atoms with Gasteiger partial charge in [-0.05, 0) is 17.5 Å². The van der Waals surface area contributed by atoms with Crippen molar-refractivity contribution < 1.29 is 14.6 Å². The highest BCUT2D eigenvalue weighted by molar-refractivity contribution is 5.67. The van der Waals surface area contributed by atoms with Crippen LogP contribution in [0.25, 0.3) is 0 Å². The van der Waals surface area contributed by atoms with Crippen molar-refractivity contribution in [2.24, 2.45) is 0 Å². The van der Waals surface area contributed by atoms with Gasteiger partial charge in [0, 0.05) is 24.4 Å². The van der Waals surface area contributed by atoms with Gasteiger partial charge in [0.05, 0.1) is 13.2 Å². The van der Waals surface area contributed by atoms with Crippen molar-refractivity contribution in [1.29, 1.82) is 0 Å². The van der Waals surface area contributed by atoms with Gasteiger partial charge in [-0.1, -0.05) is 0 Å². The number of aryl methyl sites for hydroxylation is 1. The summed E-state index contributed by atoms with van der Waals surface area (Å²) in [5.41, 5.74) is 3.22. The molecule has 1 aliphatic rings. The molecule has 0 unspecified atom stereocenters. The normalized spacial score (nSPS) is 14.0. The molecule has 1 aromatic heterocycles. The first-order valence-electron chi connectivity index (χ1n) is 4.51. The number of carboxylic acid groups (broad SMARTS) is 1. The van der Waals surface area contributed by atoms with Crippen LogP contribution in [-0.4, -0.2) is 16.1 Å². The largest absolute Gasteiger partial charge is 0.481 e. The molecule has 0 saturated carbocycles. The molecule has 2 heterocycles. The fourth-order valence-electron chi connectivity index (χ4n) is 1.61. The Labute approximate surface area is 81.5 Å². The van der Waals surface area contributed by atoms with Crippen LogP contribution in [0, 0.1) is 0 Å². The van der Waals surface area contributed by atoms with E-state index in [1.807, 2.05) is 0 Å². The maximum Gasteiger partial charge on any atom is 0.303 e. The van der Waals surface area contributed by atoms with Crippen molar-refractivity contribution in [2.45, 2.75) is 26.1 Å². The van der Waals surface area contributed by atoms with Crippen LogP contribution in [0.1, 0.15) is 23.1 Å². The molecule has 0 fully saturated rings. The zero-order valence-electron chi connectivity index (χ0n) is 7.69. The number of hydrogen-bond acceptors (Lipinski definition) is 3. The topological polar surface area (TPSA) is 59.4 Å². The number of nitrogens with zero attached hydrogens (tertiary/aromatic N) is 1. The Bertz CT molecular complexity index is 362. The standard InChI is InChI=1S/C10H11NO3/c12-10(13)2-1-7-3-11-4-8-5-14-6-9(7)8/h3-4H,1-2,5-6H2,(H,12,13). The van der Waals surface area contributed by atoms with Gasteiger partial charge in [-0.2, -0.15) is 0 Å². The number of ether oxygens (including phenoxy) is 1. The van der Waals surface area contributed by atoms with Gasteiger partial charge in [0.15, 0.2) is 0 Å². The average molecular weight is 193 g/mol. The summed E-state index contributed by atoms with van der Waals surface area (Å²) >= 11 is 0. The summed E-state index contributed by atoms with van der Waals surface area (Å²) in [6.07, 6.45) is 4.20. The van der Waals surface area contributed by atoms with Crippen LogP contribution in [0.4, 0.5) is 0 Å². The fourth-order valence-corrected chi connectivity index (χ4v) is 1.61. The molecule has 4 heteroatoms. The molecule has 0 aromatic carbocycles. The summed E-state index contributed by atoms with van der Waals surface area (Å²) in [7, 11) is 0. The number of carbonyl (C=O) groups is 1. The predicted octanol–water partition coefficient (Wildman–Crippen LogP) is 1.13. The van der Waals surface area contributed by atoms with Crippen molar-refractivity contribution in [3.63, 3.8) is 0 Å². The lowest BCUT2D eigenvalue weighted by Gasteiger charge is -2.03. The maximum absolute atomic E-state index is 10.4. The monoisotopic (exact) mass is 193 g/mol. The second-order valence-electron chi connectivity index (χ2n) is 3.32. The molecule has 0 amide bonds. The van der Waals surface area contributed by atoms with Crippen LogP contribution < -0.4 is 0 Å². The molecule has 1 N–H and O–H groups in total. The molecule has 0 saturated heterocycles. The first kappa shape index (κ1) is 9.15. The highest BCUT2D eigenvalue weighted by atomic mass is 16.5. The predicted molar refractivity (Wildman–Crippen MR) is 48.7 cm³/mol. The molecule has 74 valence electrons. The number of fused-ring (bicyclic) bond motifs is 1. The number of aromatic nitrogens is 1. The van der Waals surface area contributed by atoms with E-state index < -0.39 is 5.97 Å². The van der Waals surface area contributed by atoms with Crippen LogP contribution in [-0.2, 0) is 29.2 Å². The number of aliphatic carboxylic acids is 1. The molecule has 0 bridgehead atoms. The SMILES string of the molecule is O=C(O)CCc1cncc2c1COC2. The Morgan fingerprint density at radius 2 is 2.36 bits per heavy atom. The number of pyridine rings is 1. The minimum atomic E-state index is -0.776. The molecule has 0 spiro atoms. The molecule has 0 atom stereocenters.